The van der Waals surface area contributed by atoms with Gasteiger partial charge in [0.15, 0.2) is 11.5 Å². The zero-order valence-corrected chi connectivity index (χ0v) is 21.2. The van der Waals surface area contributed by atoms with Gasteiger partial charge in [-0.05, 0) is 46.9 Å². The second kappa shape index (κ2) is 11.4. The maximum absolute atomic E-state index is 10.9. The van der Waals surface area contributed by atoms with Crippen molar-refractivity contribution in [3.63, 3.8) is 0 Å². The highest BCUT2D eigenvalue weighted by atomic mass is 16.6. The predicted octanol–water partition coefficient (Wildman–Crippen LogP) is 3.57. The maximum Gasteiger partial charge on any atom is 0.414 e. The molecule has 5 rings (SSSR count). The number of nitrogens with zero attached hydrogens (tertiary/aromatic N) is 5. The average Bonchev–Trinajstić information content (AvgIpc) is 3.38. The van der Waals surface area contributed by atoms with Crippen molar-refractivity contribution in [1.82, 2.24) is 14.5 Å². The number of aromatic hydroxyl groups is 1. The Kier molecular flexibility index (Phi) is 7.64. The molecule has 3 heterocycles. The number of hydrogen-bond acceptors (Lipinski definition) is 9. The Balaban J connectivity index is 1.05. The lowest BCUT2D eigenvalue weighted by Gasteiger charge is -2.35. The summed E-state index contributed by atoms with van der Waals surface area (Å²) in [6, 6.07) is 13.7. The maximum atomic E-state index is 10.9. The van der Waals surface area contributed by atoms with Gasteiger partial charge in [-0.1, -0.05) is 18.2 Å². The molecule has 11 nitrogen and oxygen atoms in total. The van der Waals surface area contributed by atoms with E-state index >= 15 is 0 Å². The number of methoxy groups -OCH3 is 1. The number of imidazole rings is 1. The number of aryl methyl sites for hydroxylation is 1. The van der Waals surface area contributed by atoms with Crippen molar-refractivity contribution >= 4 is 17.6 Å². The van der Waals surface area contributed by atoms with Gasteiger partial charge in [0.1, 0.15) is 24.7 Å². The molecule has 200 valence electrons. The number of phenolic OH excluding ortho intramolecular Hbond substituents is 1. The van der Waals surface area contributed by atoms with E-state index in [1.165, 1.54) is 6.20 Å². The van der Waals surface area contributed by atoms with Crippen LogP contribution >= 0.6 is 0 Å². The molecule has 0 spiro atoms. The van der Waals surface area contributed by atoms with Crippen molar-refractivity contribution in [2.75, 3.05) is 51.3 Å². The van der Waals surface area contributed by atoms with Gasteiger partial charge >= 0.3 is 11.8 Å². The number of rotatable bonds is 9. The molecule has 0 unspecified atom stereocenters. The Morgan fingerprint density at radius 1 is 1.16 bits per heavy atom. The van der Waals surface area contributed by atoms with E-state index in [-0.39, 0.29) is 23.7 Å². The Bertz CT molecular complexity index is 1280. The van der Waals surface area contributed by atoms with E-state index < -0.39 is 4.92 Å². The number of piperazine rings is 1. The van der Waals surface area contributed by atoms with Gasteiger partial charge in [0.2, 0.25) is 0 Å². The van der Waals surface area contributed by atoms with Crippen molar-refractivity contribution in [2.24, 2.45) is 0 Å². The highest BCUT2D eigenvalue weighted by Crippen LogP contribution is 2.27. The van der Waals surface area contributed by atoms with Crippen LogP contribution in [0, 0.1) is 10.1 Å². The molecule has 1 fully saturated rings. The van der Waals surface area contributed by atoms with Crippen LogP contribution in [-0.2, 0) is 6.54 Å². The Morgan fingerprint density at radius 3 is 2.68 bits per heavy atom. The van der Waals surface area contributed by atoms with Gasteiger partial charge in [-0.25, -0.2) is 0 Å². The monoisotopic (exact) mass is 521 g/mol. The number of nitro groups is 1. The Morgan fingerprint density at radius 2 is 1.95 bits per heavy atom. The number of hydrogen-bond donors (Lipinski definition) is 1. The first-order valence-electron chi connectivity index (χ1n) is 12.6. The quantitative estimate of drug-likeness (QED) is 0.333. The summed E-state index contributed by atoms with van der Waals surface area (Å²) in [4.78, 5) is 19.1. The van der Waals surface area contributed by atoms with Crippen LogP contribution in [0.15, 0.2) is 54.7 Å². The zero-order chi connectivity index (χ0) is 26.5. The van der Waals surface area contributed by atoms with Crippen molar-refractivity contribution in [3.8, 4) is 23.3 Å². The third-order valence-electron chi connectivity index (χ3n) is 6.77. The molecule has 0 amide bonds. The topological polar surface area (TPSA) is 115 Å². The van der Waals surface area contributed by atoms with Gasteiger partial charge in [-0.15, -0.1) is 0 Å². The fraction of sp³-hybridized carbons (Fsp3) is 0.370. The number of ether oxygens (including phenoxy) is 3. The lowest BCUT2D eigenvalue weighted by Crippen LogP contribution is -2.46. The summed E-state index contributed by atoms with van der Waals surface area (Å²) in [7, 11) is 1.55. The van der Waals surface area contributed by atoms with E-state index in [2.05, 4.69) is 33.0 Å². The first-order valence-corrected chi connectivity index (χ1v) is 12.6. The van der Waals surface area contributed by atoms with E-state index in [4.69, 9.17) is 14.2 Å². The van der Waals surface area contributed by atoms with Crippen LogP contribution in [0.4, 0.5) is 11.5 Å². The van der Waals surface area contributed by atoms with E-state index in [1.807, 2.05) is 30.3 Å². The third-order valence-corrected chi connectivity index (χ3v) is 6.77. The van der Waals surface area contributed by atoms with Crippen molar-refractivity contribution < 1.29 is 24.2 Å². The van der Waals surface area contributed by atoms with Gasteiger partial charge < -0.3 is 34.3 Å². The standard InChI is InChI=1S/C27H31N5O6/c1-36-25-17-20(4-9-24(25)33)3-2-11-29-13-15-30(16-14-29)21-5-7-22(8-6-21)37-19-23-10-12-31-18-26(32(34)35)28-27(31)38-23/h2-9,17-18,23,33H,10-16,19H2,1H3/b3-2+/t23-/m1/s1. The van der Waals surface area contributed by atoms with E-state index in [0.717, 1.165) is 49.7 Å². The highest BCUT2D eigenvalue weighted by molar-refractivity contribution is 5.55. The summed E-state index contributed by atoms with van der Waals surface area (Å²) in [5.74, 6) is 1.17. The molecule has 0 aliphatic carbocycles. The minimum atomic E-state index is -0.518. The Labute approximate surface area is 220 Å². The van der Waals surface area contributed by atoms with Crippen LogP contribution in [0.2, 0.25) is 0 Å². The first kappa shape index (κ1) is 25.4. The zero-order valence-electron chi connectivity index (χ0n) is 21.2. The lowest BCUT2D eigenvalue weighted by atomic mass is 10.2. The molecule has 1 aromatic heterocycles. The smallest absolute Gasteiger partial charge is 0.414 e. The van der Waals surface area contributed by atoms with Crippen LogP contribution in [-0.4, -0.2) is 77.0 Å². The Hall–Kier alpha value is -4.25. The molecule has 2 aliphatic rings. The van der Waals surface area contributed by atoms with Crippen LogP contribution in [0.5, 0.6) is 23.3 Å². The van der Waals surface area contributed by atoms with Crippen molar-refractivity contribution in [2.45, 2.75) is 19.1 Å². The average molecular weight is 522 g/mol. The normalized spacial score (nSPS) is 17.7. The van der Waals surface area contributed by atoms with Gasteiger partial charge in [-0.2, -0.15) is 0 Å². The lowest BCUT2D eigenvalue weighted by molar-refractivity contribution is -0.389. The van der Waals surface area contributed by atoms with E-state index in [0.29, 0.717) is 25.3 Å². The van der Waals surface area contributed by atoms with Gasteiger partial charge in [-0.3, -0.25) is 9.47 Å². The molecule has 2 aromatic carbocycles. The second-order valence-electron chi connectivity index (χ2n) is 9.29. The summed E-state index contributed by atoms with van der Waals surface area (Å²) in [6.07, 6.45) is 6.07. The van der Waals surface area contributed by atoms with Gasteiger partial charge in [0.05, 0.1) is 7.11 Å². The van der Waals surface area contributed by atoms with Crippen molar-refractivity contribution in [3.05, 3.63) is 70.4 Å². The number of phenols is 1. The number of fused-ring (bicyclic) bond motifs is 1. The molecule has 11 heteroatoms. The molecular formula is C27H31N5O6. The fourth-order valence-electron chi connectivity index (χ4n) is 4.60. The van der Waals surface area contributed by atoms with E-state index in [1.54, 1.807) is 17.7 Å². The van der Waals surface area contributed by atoms with Gasteiger partial charge in [0, 0.05) is 56.4 Å². The number of anilines is 1. The number of benzene rings is 2. The molecule has 1 saturated heterocycles. The summed E-state index contributed by atoms with van der Waals surface area (Å²) in [5, 5.41) is 20.6. The summed E-state index contributed by atoms with van der Waals surface area (Å²) in [6.45, 7) is 5.63. The van der Waals surface area contributed by atoms with Crippen molar-refractivity contribution in [1.29, 1.82) is 0 Å². The highest BCUT2D eigenvalue weighted by Gasteiger charge is 2.28. The fourth-order valence-corrected chi connectivity index (χ4v) is 4.60. The number of aromatic nitrogens is 2. The molecular weight excluding hydrogens is 490 g/mol. The largest absolute Gasteiger partial charge is 0.504 e. The van der Waals surface area contributed by atoms with E-state index in [9.17, 15) is 15.2 Å². The van der Waals surface area contributed by atoms with Crippen LogP contribution in [0.1, 0.15) is 12.0 Å². The summed E-state index contributed by atoms with van der Waals surface area (Å²) >= 11 is 0. The first-order chi connectivity index (χ1) is 18.5. The summed E-state index contributed by atoms with van der Waals surface area (Å²) in [5.41, 5.74) is 2.15. The molecule has 0 radical (unpaired) electrons. The van der Waals surface area contributed by atoms with Crippen LogP contribution in [0.25, 0.3) is 6.08 Å². The molecule has 1 N–H and O–H groups in total. The summed E-state index contributed by atoms with van der Waals surface area (Å²) < 4.78 is 18.5. The van der Waals surface area contributed by atoms with Crippen LogP contribution < -0.4 is 19.1 Å². The molecule has 0 bridgehead atoms. The second-order valence-corrected chi connectivity index (χ2v) is 9.29. The van der Waals surface area contributed by atoms with Gasteiger partial charge in [0.25, 0.3) is 0 Å². The minimum absolute atomic E-state index is 0.141. The SMILES string of the molecule is COc1cc(/C=C/CN2CCN(c3ccc(OC[C@H]4CCn5cc([N+](=O)[O-])nc5O4)cc3)CC2)ccc1O. The third kappa shape index (κ3) is 6.00. The molecule has 38 heavy (non-hydrogen) atoms. The minimum Gasteiger partial charge on any atom is -0.504 e. The molecule has 2 aliphatic heterocycles. The van der Waals surface area contributed by atoms with Crippen LogP contribution in [0.3, 0.4) is 0 Å². The molecule has 3 aromatic rings. The molecule has 1 atom stereocenters. The predicted molar refractivity (Wildman–Crippen MR) is 142 cm³/mol. The molecule has 0 saturated carbocycles.